The molecule has 86 valence electrons. The predicted molar refractivity (Wildman–Crippen MR) is 64.3 cm³/mol. The van der Waals surface area contributed by atoms with E-state index in [0.717, 1.165) is 6.54 Å². The second-order valence-corrected chi connectivity index (χ2v) is 5.09. The first-order chi connectivity index (χ1) is 7.81. The zero-order valence-corrected chi connectivity index (χ0v) is 9.78. The van der Waals surface area contributed by atoms with Crippen LogP contribution >= 0.6 is 0 Å². The Balaban J connectivity index is 1.57. The summed E-state index contributed by atoms with van der Waals surface area (Å²) in [4.78, 5) is 0. The van der Waals surface area contributed by atoms with E-state index < -0.39 is 0 Å². The van der Waals surface area contributed by atoms with E-state index in [2.05, 4.69) is 36.5 Å². The molecule has 16 heavy (non-hydrogen) atoms. The van der Waals surface area contributed by atoms with Crippen molar-refractivity contribution in [2.75, 3.05) is 0 Å². The van der Waals surface area contributed by atoms with Crippen LogP contribution in [0.2, 0.25) is 0 Å². The number of benzene rings is 1. The van der Waals surface area contributed by atoms with Crippen LogP contribution in [-0.4, -0.2) is 18.2 Å². The molecule has 1 aromatic rings. The van der Waals surface area contributed by atoms with Gasteiger partial charge in [-0.1, -0.05) is 29.8 Å². The monoisotopic (exact) mass is 217 g/mol. The first kappa shape index (κ1) is 10.3. The fraction of sp³-hybridized carbons (Fsp3) is 0.571. The summed E-state index contributed by atoms with van der Waals surface area (Å²) in [5.41, 5.74) is 2.71. The van der Waals surface area contributed by atoms with Crippen molar-refractivity contribution in [3.05, 3.63) is 35.4 Å². The van der Waals surface area contributed by atoms with Crippen molar-refractivity contribution >= 4 is 0 Å². The van der Waals surface area contributed by atoms with E-state index in [1.165, 1.54) is 30.4 Å². The van der Waals surface area contributed by atoms with Gasteiger partial charge in [-0.15, -0.1) is 0 Å². The largest absolute Gasteiger partial charge is 0.373 e. The van der Waals surface area contributed by atoms with E-state index in [-0.39, 0.29) is 0 Å². The maximum absolute atomic E-state index is 5.83. The van der Waals surface area contributed by atoms with Crippen LogP contribution in [0.4, 0.5) is 0 Å². The molecule has 2 bridgehead atoms. The van der Waals surface area contributed by atoms with E-state index in [4.69, 9.17) is 4.74 Å². The summed E-state index contributed by atoms with van der Waals surface area (Å²) in [5.74, 6) is 0. The first-order valence-electron chi connectivity index (χ1n) is 6.25. The molecule has 2 saturated heterocycles. The molecule has 0 aromatic heterocycles. The highest BCUT2D eigenvalue weighted by Gasteiger charge is 2.40. The van der Waals surface area contributed by atoms with E-state index in [1.807, 2.05) is 0 Å². The van der Waals surface area contributed by atoms with Crippen molar-refractivity contribution in [3.8, 4) is 0 Å². The van der Waals surface area contributed by atoms with Gasteiger partial charge in [-0.2, -0.15) is 0 Å². The van der Waals surface area contributed by atoms with Crippen molar-refractivity contribution in [1.82, 2.24) is 5.32 Å². The van der Waals surface area contributed by atoms with Crippen molar-refractivity contribution in [2.24, 2.45) is 0 Å². The molecule has 2 aliphatic rings. The molecule has 0 spiro atoms. The number of fused-ring (bicyclic) bond motifs is 2. The molecular formula is C14H19NO. The second-order valence-electron chi connectivity index (χ2n) is 5.09. The quantitative estimate of drug-likeness (QED) is 0.839. The Morgan fingerprint density at radius 2 is 2.31 bits per heavy atom. The summed E-state index contributed by atoms with van der Waals surface area (Å²) in [6, 6.07) is 9.29. The van der Waals surface area contributed by atoms with Crippen LogP contribution in [0.25, 0.3) is 0 Å². The Bertz CT molecular complexity index is 377. The number of aryl methyl sites for hydroxylation is 1. The molecule has 3 atom stereocenters. The van der Waals surface area contributed by atoms with Crippen molar-refractivity contribution in [3.63, 3.8) is 0 Å². The summed E-state index contributed by atoms with van der Waals surface area (Å²) in [6.45, 7) is 3.11. The molecule has 0 unspecified atom stereocenters. The highest BCUT2D eigenvalue weighted by atomic mass is 16.5. The number of hydrogen-bond donors (Lipinski definition) is 1. The van der Waals surface area contributed by atoms with Gasteiger partial charge >= 0.3 is 0 Å². The summed E-state index contributed by atoms with van der Waals surface area (Å²) < 4.78 is 5.83. The van der Waals surface area contributed by atoms with Gasteiger partial charge in [0.15, 0.2) is 0 Å². The molecule has 2 aliphatic heterocycles. The van der Waals surface area contributed by atoms with E-state index in [9.17, 15) is 0 Å². The van der Waals surface area contributed by atoms with Crippen LogP contribution in [0.1, 0.15) is 30.4 Å². The lowest BCUT2D eigenvalue weighted by Gasteiger charge is -2.20. The molecule has 3 rings (SSSR count). The lowest BCUT2D eigenvalue weighted by molar-refractivity contribution is 0.0973. The Labute approximate surface area is 97.0 Å². The summed E-state index contributed by atoms with van der Waals surface area (Å²) in [5, 5.41) is 3.63. The van der Waals surface area contributed by atoms with Crippen molar-refractivity contribution < 1.29 is 4.74 Å². The summed E-state index contributed by atoms with van der Waals surface area (Å²) in [7, 11) is 0. The molecule has 2 nitrogen and oxygen atoms in total. The molecule has 0 amide bonds. The van der Waals surface area contributed by atoms with Gasteiger partial charge in [-0.3, -0.25) is 0 Å². The Hall–Kier alpha value is -0.860. The Morgan fingerprint density at radius 3 is 3.00 bits per heavy atom. The van der Waals surface area contributed by atoms with Gasteiger partial charge in [0.05, 0.1) is 12.2 Å². The third kappa shape index (κ3) is 2.00. The summed E-state index contributed by atoms with van der Waals surface area (Å²) >= 11 is 0. The minimum absolute atomic E-state index is 0.481. The maximum Gasteiger partial charge on any atom is 0.0733 e. The van der Waals surface area contributed by atoms with Gasteiger partial charge in [0.1, 0.15) is 0 Å². The minimum atomic E-state index is 0.481. The average Bonchev–Trinajstić information content (AvgIpc) is 2.88. The normalized spacial score (nSPS) is 32.2. The predicted octanol–water partition coefficient (Wildman–Crippen LogP) is 2.40. The average molecular weight is 217 g/mol. The maximum atomic E-state index is 5.83. The molecule has 1 aromatic carbocycles. The first-order valence-corrected chi connectivity index (χ1v) is 6.25. The lowest BCUT2D eigenvalue weighted by Crippen LogP contribution is -2.36. The van der Waals surface area contributed by atoms with Gasteiger partial charge in [0, 0.05) is 12.6 Å². The standard InChI is InChI=1S/C14H19NO/c1-10-3-2-4-11(7-10)9-15-13-8-12-5-6-14(13)16-12/h2-4,7,12-15H,5-6,8-9H2,1H3/t12-,13+,14+/m0/s1. The minimum Gasteiger partial charge on any atom is -0.373 e. The van der Waals surface area contributed by atoms with Crippen molar-refractivity contribution in [1.29, 1.82) is 0 Å². The van der Waals surface area contributed by atoms with Gasteiger partial charge in [-0.25, -0.2) is 0 Å². The molecule has 0 saturated carbocycles. The number of rotatable bonds is 3. The highest BCUT2D eigenvalue weighted by Crippen LogP contribution is 2.34. The van der Waals surface area contributed by atoms with Crippen LogP contribution in [-0.2, 0) is 11.3 Å². The van der Waals surface area contributed by atoms with Gasteiger partial charge < -0.3 is 10.1 Å². The van der Waals surface area contributed by atoms with Crippen LogP contribution in [0.3, 0.4) is 0 Å². The van der Waals surface area contributed by atoms with Crippen LogP contribution in [0, 0.1) is 6.92 Å². The van der Waals surface area contributed by atoms with Gasteiger partial charge in [0.25, 0.3) is 0 Å². The van der Waals surface area contributed by atoms with Gasteiger partial charge in [-0.05, 0) is 31.7 Å². The van der Waals surface area contributed by atoms with E-state index in [0.29, 0.717) is 18.2 Å². The molecule has 2 heteroatoms. The van der Waals surface area contributed by atoms with Crippen LogP contribution in [0.15, 0.2) is 24.3 Å². The lowest BCUT2D eigenvalue weighted by atomic mass is 9.95. The van der Waals surface area contributed by atoms with Crippen LogP contribution < -0.4 is 5.32 Å². The fourth-order valence-electron chi connectivity index (χ4n) is 2.92. The zero-order valence-electron chi connectivity index (χ0n) is 9.78. The number of hydrogen-bond acceptors (Lipinski definition) is 2. The molecular weight excluding hydrogens is 198 g/mol. The molecule has 1 N–H and O–H groups in total. The molecule has 2 heterocycles. The number of nitrogens with one attached hydrogen (secondary N) is 1. The van der Waals surface area contributed by atoms with E-state index in [1.54, 1.807) is 0 Å². The van der Waals surface area contributed by atoms with Gasteiger partial charge in [0.2, 0.25) is 0 Å². The Morgan fingerprint density at radius 1 is 1.38 bits per heavy atom. The topological polar surface area (TPSA) is 21.3 Å². The number of ether oxygens (including phenoxy) is 1. The molecule has 2 fully saturated rings. The second kappa shape index (κ2) is 4.19. The SMILES string of the molecule is Cc1cccc(CN[C@@H]2C[C@@H]3CC[C@H]2O3)c1. The third-order valence-electron chi connectivity index (χ3n) is 3.76. The Kier molecular flexibility index (Phi) is 2.70. The van der Waals surface area contributed by atoms with Crippen LogP contribution in [0.5, 0.6) is 0 Å². The smallest absolute Gasteiger partial charge is 0.0733 e. The van der Waals surface area contributed by atoms with E-state index >= 15 is 0 Å². The molecule has 0 aliphatic carbocycles. The summed E-state index contributed by atoms with van der Waals surface area (Å²) in [6.07, 6.45) is 4.75. The highest BCUT2D eigenvalue weighted by molar-refractivity contribution is 5.22. The zero-order chi connectivity index (χ0) is 11.0. The third-order valence-corrected chi connectivity index (χ3v) is 3.76. The van der Waals surface area contributed by atoms with Crippen molar-refractivity contribution in [2.45, 2.75) is 51.0 Å². The molecule has 0 radical (unpaired) electrons. The fourth-order valence-corrected chi connectivity index (χ4v) is 2.92.